The van der Waals surface area contributed by atoms with Gasteiger partial charge in [0.05, 0.1) is 5.25 Å². The second kappa shape index (κ2) is 8.68. The topological polar surface area (TPSA) is 86.7 Å². The Balaban J connectivity index is 3.88. The van der Waals surface area contributed by atoms with E-state index < -0.39 is 23.3 Å². The fourth-order valence-corrected chi connectivity index (χ4v) is 1.56. The Morgan fingerprint density at radius 1 is 1.06 bits per heavy atom. The first-order chi connectivity index (χ1) is 8.32. The lowest BCUT2D eigenvalue weighted by Gasteiger charge is -2.09. The molecule has 0 saturated heterocycles. The summed E-state index contributed by atoms with van der Waals surface area (Å²) in [6, 6.07) is 0. The zero-order chi connectivity index (χ0) is 14.1. The van der Waals surface area contributed by atoms with Crippen LogP contribution in [0, 0.1) is 0 Å². The van der Waals surface area contributed by atoms with Crippen LogP contribution in [0.15, 0.2) is 0 Å². The molecule has 7 heteroatoms. The van der Waals surface area contributed by atoms with E-state index in [9.17, 15) is 19.2 Å². The number of rotatable bonds is 7. The van der Waals surface area contributed by atoms with Gasteiger partial charge in [0.25, 0.3) is 0 Å². The van der Waals surface area contributed by atoms with E-state index in [4.69, 9.17) is 0 Å². The van der Waals surface area contributed by atoms with Gasteiger partial charge in [0.2, 0.25) is 6.79 Å². The smallest absolute Gasteiger partial charge is 0.370 e. The molecule has 1 unspecified atom stereocenters. The summed E-state index contributed by atoms with van der Waals surface area (Å²) in [5.41, 5.74) is 0. The first kappa shape index (κ1) is 16.6. The van der Waals surface area contributed by atoms with Gasteiger partial charge in [0, 0.05) is 19.8 Å². The van der Waals surface area contributed by atoms with Gasteiger partial charge in [-0.3, -0.25) is 9.59 Å². The van der Waals surface area contributed by atoms with E-state index in [0.717, 1.165) is 0 Å². The summed E-state index contributed by atoms with van der Waals surface area (Å²) >= 11 is 0.698. The van der Waals surface area contributed by atoms with Gasteiger partial charge in [0.15, 0.2) is 0 Å². The molecule has 0 fully saturated rings. The number of hydrogen-bond donors (Lipinski definition) is 0. The molecule has 0 aliphatic carbocycles. The molecule has 0 bridgehead atoms. The van der Waals surface area contributed by atoms with Gasteiger partial charge in [-0.05, 0) is 25.6 Å². The SMILES string of the molecule is CC(=O)CCC(=O)C(C)SC(=O)OCOC(C)=O. The molecule has 0 amide bonds. The van der Waals surface area contributed by atoms with Gasteiger partial charge in [-0.2, -0.15) is 0 Å². The van der Waals surface area contributed by atoms with Gasteiger partial charge in [-0.25, -0.2) is 4.79 Å². The molecule has 18 heavy (non-hydrogen) atoms. The van der Waals surface area contributed by atoms with Crippen molar-refractivity contribution in [3.05, 3.63) is 0 Å². The molecule has 0 N–H and O–H groups in total. The number of Topliss-reactive ketones (excluding diaryl/α,β-unsaturated/α-hetero) is 2. The predicted molar refractivity (Wildman–Crippen MR) is 65.1 cm³/mol. The zero-order valence-electron chi connectivity index (χ0n) is 10.6. The Kier molecular flexibility index (Phi) is 8.02. The first-order valence-corrected chi connectivity index (χ1v) is 6.19. The third-order valence-corrected chi connectivity index (χ3v) is 2.82. The van der Waals surface area contributed by atoms with Crippen molar-refractivity contribution in [2.24, 2.45) is 0 Å². The summed E-state index contributed by atoms with van der Waals surface area (Å²) < 4.78 is 8.97. The van der Waals surface area contributed by atoms with Crippen LogP contribution in [0.2, 0.25) is 0 Å². The second-order valence-corrected chi connectivity index (χ2v) is 4.85. The fourth-order valence-electron chi connectivity index (χ4n) is 0.907. The molecule has 1 atom stereocenters. The van der Waals surface area contributed by atoms with E-state index in [1.54, 1.807) is 6.92 Å². The summed E-state index contributed by atoms with van der Waals surface area (Å²) in [4.78, 5) is 43.8. The van der Waals surface area contributed by atoms with Crippen LogP contribution in [-0.4, -0.2) is 34.9 Å². The van der Waals surface area contributed by atoms with Gasteiger partial charge in [-0.1, -0.05) is 0 Å². The van der Waals surface area contributed by atoms with Crippen molar-refractivity contribution in [1.29, 1.82) is 0 Å². The van der Waals surface area contributed by atoms with E-state index in [1.165, 1.54) is 13.8 Å². The normalized spacial score (nSPS) is 11.5. The Morgan fingerprint density at radius 2 is 1.67 bits per heavy atom. The Morgan fingerprint density at radius 3 is 2.17 bits per heavy atom. The highest BCUT2D eigenvalue weighted by Gasteiger charge is 2.19. The van der Waals surface area contributed by atoms with Crippen LogP contribution in [-0.2, 0) is 23.9 Å². The van der Waals surface area contributed by atoms with E-state index in [1.807, 2.05) is 0 Å². The summed E-state index contributed by atoms with van der Waals surface area (Å²) in [5.74, 6) is -0.823. The maximum Gasteiger partial charge on any atom is 0.370 e. The van der Waals surface area contributed by atoms with Crippen LogP contribution in [0.4, 0.5) is 4.79 Å². The minimum atomic E-state index is -0.695. The van der Waals surface area contributed by atoms with E-state index >= 15 is 0 Å². The molecule has 0 rings (SSSR count). The Bertz CT molecular complexity index is 338. The van der Waals surface area contributed by atoms with Crippen LogP contribution in [0.25, 0.3) is 0 Å². The molecule has 6 nitrogen and oxygen atoms in total. The van der Waals surface area contributed by atoms with Crippen LogP contribution in [0.5, 0.6) is 0 Å². The fraction of sp³-hybridized carbons (Fsp3) is 0.636. The highest BCUT2D eigenvalue weighted by Crippen LogP contribution is 2.16. The molecule has 0 spiro atoms. The van der Waals surface area contributed by atoms with Gasteiger partial charge in [-0.15, -0.1) is 0 Å². The minimum absolute atomic E-state index is 0.0713. The number of esters is 1. The summed E-state index contributed by atoms with van der Waals surface area (Å²) in [5, 5.41) is -1.28. The van der Waals surface area contributed by atoms with Crippen molar-refractivity contribution >= 4 is 34.6 Å². The predicted octanol–water partition coefficient (Wildman–Crippen LogP) is 1.70. The summed E-state index contributed by atoms with van der Waals surface area (Å²) in [7, 11) is 0. The summed E-state index contributed by atoms with van der Waals surface area (Å²) in [6.45, 7) is 3.68. The van der Waals surface area contributed by atoms with E-state index in [2.05, 4.69) is 9.47 Å². The largest absolute Gasteiger partial charge is 0.428 e. The molecule has 102 valence electrons. The lowest BCUT2D eigenvalue weighted by molar-refractivity contribution is -0.148. The van der Waals surface area contributed by atoms with Crippen molar-refractivity contribution in [2.45, 2.75) is 38.9 Å². The third-order valence-electron chi connectivity index (χ3n) is 1.89. The number of carbonyl (C=O) groups is 4. The average molecular weight is 276 g/mol. The maximum atomic E-state index is 11.5. The number of ether oxygens (including phenoxy) is 2. The van der Waals surface area contributed by atoms with Crippen molar-refractivity contribution in [3.63, 3.8) is 0 Å². The molecule has 0 aliphatic rings. The van der Waals surface area contributed by atoms with Gasteiger partial charge >= 0.3 is 11.3 Å². The highest BCUT2D eigenvalue weighted by atomic mass is 32.2. The molecule has 0 aromatic heterocycles. The number of thioether (sulfide) groups is 1. The maximum absolute atomic E-state index is 11.5. The molecule has 0 heterocycles. The lowest BCUT2D eigenvalue weighted by Crippen LogP contribution is -2.17. The molecular formula is C11H16O6S. The van der Waals surface area contributed by atoms with Crippen LogP contribution < -0.4 is 0 Å². The number of hydrogen-bond acceptors (Lipinski definition) is 7. The quantitative estimate of drug-likeness (QED) is 0.516. The molecule has 0 radical (unpaired) electrons. The molecule has 0 aliphatic heterocycles. The van der Waals surface area contributed by atoms with E-state index in [-0.39, 0.29) is 24.4 Å². The minimum Gasteiger partial charge on any atom is -0.428 e. The number of ketones is 2. The van der Waals surface area contributed by atoms with Crippen LogP contribution in [0.1, 0.15) is 33.6 Å². The van der Waals surface area contributed by atoms with Crippen molar-refractivity contribution in [2.75, 3.05) is 6.79 Å². The average Bonchev–Trinajstić information content (AvgIpc) is 2.24. The van der Waals surface area contributed by atoms with Crippen molar-refractivity contribution in [1.82, 2.24) is 0 Å². The van der Waals surface area contributed by atoms with Crippen LogP contribution in [0.3, 0.4) is 0 Å². The Labute approximate surface area is 109 Å². The molecule has 0 aromatic carbocycles. The van der Waals surface area contributed by atoms with E-state index in [0.29, 0.717) is 11.8 Å². The third kappa shape index (κ3) is 8.74. The molecule has 0 saturated carbocycles. The monoisotopic (exact) mass is 276 g/mol. The zero-order valence-corrected chi connectivity index (χ0v) is 11.4. The van der Waals surface area contributed by atoms with Crippen molar-refractivity contribution in [3.8, 4) is 0 Å². The Hall–Kier alpha value is -1.37. The lowest BCUT2D eigenvalue weighted by atomic mass is 10.1. The molecule has 0 aromatic rings. The highest BCUT2D eigenvalue weighted by molar-refractivity contribution is 8.14. The first-order valence-electron chi connectivity index (χ1n) is 5.32. The second-order valence-electron chi connectivity index (χ2n) is 3.58. The van der Waals surface area contributed by atoms with Crippen LogP contribution >= 0.6 is 11.8 Å². The summed E-state index contributed by atoms with van der Waals surface area (Å²) in [6.07, 6.45) is 0.285. The number of carbonyl (C=O) groups excluding carboxylic acids is 4. The van der Waals surface area contributed by atoms with Gasteiger partial charge < -0.3 is 14.3 Å². The van der Waals surface area contributed by atoms with Crippen molar-refractivity contribution < 1.29 is 28.7 Å². The molecular weight excluding hydrogens is 260 g/mol. The standard InChI is InChI=1S/C11H16O6S/c1-7(12)4-5-10(14)8(2)18-11(15)17-6-16-9(3)13/h8H,4-6H2,1-3H3. The van der Waals surface area contributed by atoms with Gasteiger partial charge in [0.1, 0.15) is 11.6 Å².